The van der Waals surface area contributed by atoms with Crippen molar-refractivity contribution in [2.75, 3.05) is 13.7 Å². The molecule has 0 aromatic carbocycles. The predicted molar refractivity (Wildman–Crippen MR) is 39.2 cm³/mol. The van der Waals surface area contributed by atoms with Gasteiger partial charge in [0.1, 0.15) is 0 Å². The maximum Gasteiger partial charge on any atom is 0.407 e. The molecule has 2 aliphatic heterocycles. The Labute approximate surface area is 65.3 Å². The van der Waals surface area contributed by atoms with Crippen molar-refractivity contribution in [3.05, 3.63) is 0 Å². The van der Waals surface area contributed by atoms with E-state index in [1.54, 1.807) is 0 Å². The van der Waals surface area contributed by atoms with Crippen molar-refractivity contribution >= 4 is 6.09 Å². The van der Waals surface area contributed by atoms with Crippen LogP contribution in [-0.4, -0.2) is 31.8 Å². The van der Waals surface area contributed by atoms with Crippen LogP contribution >= 0.6 is 0 Å². The summed E-state index contributed by atoms with van der Waals surface area (Å²) in [4.78, 5) is 10.8. The average Bonchev–Trinajstić information content (AvgIpc) is 2.59. The summed E-state index contributed by atoms with van der Waals surface area (Å²) >= 11 is 0. The van der Waals surface area contributed by atoms with Gasteiger partial charge in [-0.25, -0.2) is 4.79 Å². The number of rotatable bonds is 1. The van der Waals surface area contributed by atoms with Crippen LogP contribution in [0.3, 0.4) is 0 Å². The van der Waals surface area contributed by atoms with E-state index < -0.39 is 0 Å². The summed E-state index contributed by atoms with van der Waals surface area (Å²) in [7, 11) is 1.39. The molecule has 4 nitrogen and oxygen atoms in total. The van der Waals surface area contributed by atoms with Crippen molar-refractivity contribution < 1.29 is 9.53 Å². The molecule has 1 saturated carbocycles. The smallest absolute Gasteiger partial charge is 0.407 e. The summed E-state index contributed by atoms with van der Waals surface area (Å²) < 4.78 is 4.50. The van der Waals surface area contributed by atoms with Crippen molar-refractivity contribution in [1.82, 2.24) is 10.6 Å². The number of hydrogen-bond donors (Lipinski definition) is 2. The third-order valence-electron chi connectivity index (χ3n) is 2.61. The highest BCUT2D eigenvalue weighted by Gasteiger charge is 2.47. The molecular formula is C7H12N2O2. The molecular weight excluding hydrogens is 144 g/mol. The fourth-order valence-corrected chi connectivity index (χ4v) is 1.89. The van der Waals surface area contributed by atoms with Gasteiger partial charge in [0.15, 0.2) is 0 Å². The second-order valence-corrected chi connectivity index (χ2v) is 3.17. The minimum Gasteiger partial charge on any atom is -0.453 e. The summed E-state index contributed by atoms with van der Waals surface area (Å²) in [5.41, 5.74) is 0. The summed E-state index contributed by atoms with van der Waals surface area (Å²) in [6.07, 6.45) is 0.891. The van der Waals surface area contributed by atoms with Gasteiger partial charge in [0.25, 0.3) is 0 Å². The van der Waals surface area contributed by atoms with Crippen molar-refractivity contribution in [1.29, 1.82) is 0 Å². The molecule has 0 aromatic heterocycles. The maximum atomic E-state index is 10.8. The van der Waals surface area contributed by atoms with Gasteiger partial charge in [0.05, 0.1) is 13.2 Å². The van der Waals surface area contributed by atoms with Crippen molar-refractivity contribution in [2.24, 2.45) is 5.92 Å². The highest BCUT2D eigenvalue weighted by Crippen LogP contribution is 2.33. The number of carbonyl (C=O) groups excluding carboxylic acids is 1. The molecule has 0 radical (unpaired) electrons. The normalized spacial score (nSPS) is 39.5. The van der Waals surface area contributed by atoms with E-state index >= 15 is 0 Å². The highest BCUT2D eigenvalue weighted by atomic mass is 16.5. The third-order valence-corrected chi connectivity index (χ3v) is 2.61. The molecule has 1 aliphatic carbocycles. The number of methoxy groups -OCH3 is 1. The Hall–Kier alpha value is -0.770. The lowest BCUT2D eigenvalue weighted by molar-refractivity contribution is 0.150. The molecule has 3 aliphatic rings. The number of hydrogen-bond acceptors (Lipinski definition) is 3. The van der Waals surface area contributed by atoms with Gasteiger partial charge in [0.2, 0.25) is 0 Å². The summed E-state index contributed by atoms with van der Waals surface area (Å²) in [6.45, 7) is 1.04. The molecule has 2 heterocycles. The number of fused-ring (bicyclic) bond motifs is 1. The molecule has 3 atom stereocenters. The van der Waals surface area contributed by atoms with E-state index in [2.05, 4.69) is 15.4 Å². The Morgan fingerprint density at radius 3 is 3.00 bits per heavy atom. The summed E-state index contributed by atoms with van der Waals surface area (Å²) in [5.74, 6) is 0.638. The molecule has 4 heteroatoms. The molecule has 11 heavy (non-hydrogen) atoms. The quantitative estimate of drug-likeness (QED) is 0.548. The minimum atomic E-state index is -0.312. The Morgan fingerprint density at radius 2 is 2.55 bits per heavy atom. The van der Waals surface area contributed by atoms with E-state index in [1.165, 1.54) is 13.5 Å². The zero-order valence-corrected chi connectivity index (χ0v) is 6.46. The lowest BCUT2D eigenvalue weighted by Crippen LogP contribution is -2.53. The highest BCUT2D eigenvalue weighted by molar-refractivity contribution is 5.67. The minimum absolute atomic E-state index is 0.312. The zero-order chi connectivity index (χ0) is 7.84. The second-order valence-electron chi connectivity index (χ2n) is 3.17. The van der Waals surface area contributed by atoms with Crippen LogP contribution in [0.15, 0.2) is 0 Å². The first-order valence-electron chi connectivity index (χ1n) is 3.89. The van der Waals surface area contributed by atoms with Gasteiger partial charge in [-0.3, -0.25) is 0 Å². The number of alkyl carbamates (subject to hydrolysis) is 1. The molecule has 0 spiro atoms. The summed E-state index contributed by atoms with van der Waals surface area (Å²) in [6, 6.07) is 0.821. The van der Waals surface area contributed by atoms with Crippen LogP contribution in [0.1, 0.15) is 6.42 Å². The van der Waals surface area contributed by atoms with E-state index in [4.69, 9.17) is 0 Å². The van der Waals surface area contributed by atoms with Gasteiger partial charge in [-0.15, -0.1) is 0 Å². The molecule has 3 fully saturated rings. The van der Waals surface area contributed by atoms with Crippen molar-refractivity contribution in [3.63, 3.8) is 0 Å². The molecule has 2 bridgehead atoms. The summed E-state index contributed by atoms with van der Waals surface area (Å²) in [5, 5.41) is 6.11. The monoisotopic (exact) mass is 156 g/mol. The van der Waals surface area contributed by atoms with Crippen LogP contribution in [0.5, 0.6) is 0 Å². The van der Waals surface area contributed by atoms with E-state index in [0.717, 1.165) is 6.54 Å². The van der Waals surface area contributed by atoms with Crippen LogP contribution in [-0.2, 0) is 4.74 Å². The van der Waals surface area contributed by atoms with Crippen LogP contribution in [0.2, 0.25) is 0 Å². The van der Waals surface area contributed by atoms with Crippen LogP contribution in [0.25, 0.3) is 0 Å². The Balaban J connectivity index is 1.84. The van der Waals surface area contributed by atoms with Gasteiger partial charge in [0, 0.05) is 12.6 Å². The Bertz CT molecular complexity index is 169. The second kappa shape index (κ2) is 2.37. The fourth-order valence-electron chi connectivity index (χ4n) is 1.89. The number of ether oxygens (including phenoxy) is 1. The molecule has 62 valence electrons. The van der Waals surface area contributed by atoms with Crippen molar-refractivity contribution in [3.8, 4) is 0 Å². The molecule has 1 amide bonds. The molecule has 0 aromatic rings. The lowest BCUT2D eigenvalue weighted by Gasteiger charge is -2.34. The molecule has 2 N–H and O–H groups in total. The van der Waals surface area contributed by atoms with Gasteiger partial charge in [-0.1, -0.05) is 0 Å². The van der Waals surface area contributed by atoms with Crippen molar-refractivity contribution in [2.45, 2.75) is 18.5 Å². The molecule has 3 rings (SSSR count). The maximum absolute atomic E-state index is 10.8. The van der Waals surface area contributed by atoms with Gasteiger partial charge >= 0.3 is 6.09 Å². The van der Waals surface area contributed by atoms with Crippen LogP contribution in [0, 0.1) is 5.92 Å². The Morgan fingerprint density at radius 1 is 1.73 bits per heavy atom. The van der Waals surface area contributed by atoms with E-state index in [0.29, 0.717) is 18.0 Å². The number of amides is 1. The SMILES string of the molecule is COC(=O)NC1C2CNC1C2. The van der Waals surface area contributed by atoms with E-state index in [-0.39, 0.29) is 6.09 Å². The number of carbonyl (C=O) groups is 1. The predicted octanol–water partition coefficient (Wildman–Crippen LogP) is -0.297. The van der Waals surface area contributed by atoms with Gasteiger partial charge < -0.3 is 15.4 Å². The third kappa shape index (κ3) is 0.976. The average molecular weight is 156 g/mol. The zero-order valence-electron chi connectivity index (χ0n) is 6.46. The lowest BCUT2D eigenvalue weighted by atomic mass is 9.80. The fraction of sp³-hybridized carbons (Fsp3) is 0.857. The molecule has 2 saturated heterocycles. The topological polar surface area (TPSA) is 50.4 Å². The molecule has 3 unspecified atom stereocenters. The van der Waals surface area contributed by atoms with Gasteiger partial charge in [-0.05, 0) is 12.3 Å². The Kier molecular flexibility index (Phi) is 1.49. The first-order chi connectivity index (χ1) is 5.31. The van der Waals surface area contributed by atoms with Crippen LogP contribution < -0.4 is 10.6 Å². The van der Waals surface area contributed by atoms with E-state index in [9.17, 15) is 4.79 Å². The van der Waals surface area contributed by atoms with Crippen LogP contribution in [0.4, 0.5) is 4.79 Å². The van der Waals surface area contributed by atoms with E-state index in [1.807, 2.05) is 0 Å². The first-order valence-corrected chi connectivity index (χ1v) is 3.89. The largest absolute Gasteiger partial charge is 0.453 e. The van der Waals surface area contributed by atoms with Gasteiger partial charge in [-0.2, -0.15) is 0 Å². The first kappa shape index (κ1) is 6.91. The standard InChI is InChI=1S/C7H12N2O2/c1-11-7(10)9-6-4-2-5(6)8-3-4/h4-6,8H,2-3H2,1H3,(H,9,10). The number of nitrogens with one attached hydrogen (secondary N) is 2.